The lowest BCUT2D eigenvalue weighted by Crippen LogP contribution is -1.90. The quantitative estimate of drug-likeness (QED) is 0.780. The second kappa shape index (κ2) is 4.62. The second-order valence-corrected chi connectivity index (χ2v) is 4.75. The number of nitrogens with zero attached hydrogens (tertiary/aromatic N) is 2. The van der Waals surface area contributed by atoms with Gasteiger partial charge in [0.15, 0.2) is 5.13 Å². The van der Waals surface area contributed by atoms with Crippen LogP contribution in [0, 0.1) is 0 Å². The Bertz CT molecular complexity index is 648. The van der Waals surface area contributed by atoms with E-state index in [1.54, 1.807) is 30.8 Å². The molecule has 90 valence electrons. The predicted octanol–water partition coefficient (Wildman–Crippen LogP) is 3.44. The van der Waals surface area contributed by atoms with Crippen LogP contribution >= 0.6 is 11.3 Å². The molecule has 3 rings (SSSR count). The van der Waals surface area contributed by atoms with E-state index in [0.29, 0.717) is 0 Å². The third kappa shape index (κ3) is 2.12. The van der Waals surface area contributed by atoms with Gasteiger partial charge in [0.1, 0.15) is 11.3 Å². The molecule has 0 saturated carbocycles. The van der Waals surface area contributed by atoms with Gasteiger partial charge in [0.25, 0.3) is 0 Å². The normalized spacial score (nSPS) is 10.5. The van der Waals surface area contributed by atoms with E-state index in [2.05, 4.69) is 15.3 Å². The zero-order valence-corrected chi connectivity index (χ0v) is 10.6. The summed E-state index contributed by atoms with van der Waals surface area (Å²) < 4.78 is 6.31. The van der Waals surface area contributed by atoms with Gasteiger partial charge in [-0.1, -0.05) is 17.4 Å². The lowest BCUT2D eigenvalue weighted by atomic mass is 10.3. The first kappa shape index (κ1) is 11.0. The maximum atomic E-state index is 5.18. The monoisotopic (exact) mass is 257 g/mol. The Morgan fingerprint density at radius 1 is 1.28 bits per heavy atom. The molecule has 3 aromatic rings. The van der Waals surface area contributed by atoms with Crippen molar-refractivity contribution in [3.8, 4) is 5.75 Å². The number of ether oxygens (including phenoxy) is 1. The molecule has 0 fully saturated rings. The van der Waals surface area contributed by atoms with Crippen LogP contribution in [0.1, 0.15) is 0 Å². The summed E-state index contributed by atoms with van der Waals surface area (Å²) in [5.74, 6) is 0.822. The summed E-state index contributed by atoms with van der Waals surface area (Å²) in [6, 6.07) is 9.73. The number of hydrogen-bond acceptors (Lipinski definition) is 5. The fraction of sp³-hybridized carbons (Fsp3) is 0.0769. The first-order chi connectivity index (χ1) is 8.85. The zero-order valence-electron chi connectivity index (χ0n) is 9.75. The minimum atomic E-state index is 0.822. The summed E-state index contributed by atoms with van der Waals surface area (Å²) in [4.78, 5) is 8.52. The highest BCUT2D eigenvalue weighted by molar-refractivity contribution is 7.22. The number of methoxy groups -OCH3 is 1. The molecule has 0 saturated heterocycles. The minimum absolute atomic E-state index is 0.822. The average Bonchev–Trinajstić information content (AvgIpc) is 2.81. The summed E-state index contributed by atoms with van der Waals surface area (Å²) >= 11 is 1.60. The number of rotatable bonds is 3. The number of anilines is 2. The van der Waals surface area contributed by atoms with Crippen LogP contribution in [-0.2, 0) is 0 Å². The van der Waals surface area contributed by atoms with E-state index in [-0.39, 0.29) is 0 Å². The Kier molecular flexibility index (Phi) is 2.82. The van der Waals surface area contributed by atoms with Crippen LogP contribution in [0.5, 0.6) is 5.75 Å². The van der Waals surface area contributed by atoms with E-state index in [4.69, 9.17) is 4.74 Å². The van der Waals surface area contributed by atoms with Crippen molar-refractivity contribution < 1.29 is 4.74 Å². The summed E-state index contributed by atoms with van der Waals surface area (Å²) in [5.41, 5.74) is 1.87. The Labute approximate surface area is 108 Å². The fourth-order valence-corrected chi connectivity index (χ4v) is 2.51. The summed E-state index contributed by atoms with van der Waals surface area (Å²) in [6.07, 6.45) is 3.54. The number of benzene rings is 1. The Balaban J connectivity index is 1.91. The first-order valence-corrected chi connectivity index (χ1v) is 6.28. The van der Waals surface area contributed by atoms with E-state index in [1.807, 2.05) is 30.3 Å². The number of hydrogen-bond donors (Lipinski definition) is 1. The molecule has 18 heavy (non-hydrogen) atoms. The minimum Gasteiger partial charge on any atom is -0.497 e. The molecular weight excluding hydrogens is 246 g/mol. The second-order valence-electron chi connectivity index (χ2n) is 3.72. The lowest BCUT2D eigenvalue weighted by molar-refractivity contribution is 0.415. The molecule has 1 N–H and O–H groups in total. The number of nitrogens with one attached hydrogen (secondary N) is 1. The highest BCUT2D eigenvalue weighted by Gasteiger charge is 2.04. The van der Waals surface area contributed by atoms with Crippen LogP contribution in [0.3, 0.4) is 0 Å². The fourth-order valence-electron chi connectivity index (χ4n) is 1.66. The average molecular weight is 257 g/mol. The number of fused-ring (bicyclic) bond motifs is 1. The van der Waals surface area contributed by atoms with E-state index < -0.39 is 0 Å². The Morgan fingerprint density at radius 2 is 2.22 bits per heavy atom. The maximum absolute atomic E-state index is 5.18. The van der Waals surface area contributed by atoms with Gasteiger partial charge in [0.05, 0.1) is 18.0 Å². The standard InChI is InChI=1S/C13H11N3OS/c1-17-10-4-2-3-9(7-10)15-13-16-11-8-14-6-5-12(11)18-13/h2-8H,1H3,(H,15,16). The third-order valence-corrected chi connectivity index (χ3v) is 3.46. The molecule has 0 amide bonds. The van der Waals surface area contributed by atoms with Crippen LogP contribution in [0.2, 0.25) is 0 Å². The summed E-state index contributed by atoms with van der Waals surface area (Å²) in [6.45, 7) is 0. The molecule has 5 heteroatoms. The SMILES string of the molecule is COc1cccc(Nc2nc3cnccc3s2)c1. The van der Waals surface area contributed by atoms with E-state index in [0.717, 1.165) is 26.8 Å². The van der Waals surface area contributed by atoms with Gasteiger partial charge >= 0.3 is 0 Å². The smallest absolute Gasteiger partial charge is 0.188 e. The van der Waals surface area contributed by atoms with E-state index in [9.17, 15) is 0 Å². The number of thiazole rings is 1. The van der Waals surface area contributed by atoms with Crippen molar-refractivity contribution in [1.29, 1.82) is 0 Å². The topological polar surface area (TPSA) is 47.0 Å². The highest BCUT2D eigenvalue weighted by Crippen LogP contribution is 2.28. The highest BCUT2D eigenvalue weighted by atomic mass is 32.1. The molecule has 4 nitrogen and oxygen atoms in total. The van der Waals surface area contributed by atoms with Crippen molar-refractivity contribution in [2.75, 3.05) is 12.4 Å². The molecule has 0 aliphatic heterocycles. The number of aromatic nitrogens is 2. The van der Waals surface area contributed by atoms with Crippen molar-refractivity contribution in [3.63, 3.8) is 0 Å². The molecule has 2 aromatic heterocycles. The van der Waals surface area contributed by atoms with Crippen LogP contribution in [0.15, 0.2) is 42.7 Å². The predicted molar refractivity (Wildman–Crippen MR) is 73.7 cm³/mol. The Hall–Kier alpha value is -2.14. The van der Waals surface area contributed by atoms with Gasteiger partial charge in [0, 0.05) is 18.0 Å². The largest absolute Gasteiger partial charge is 0.497 e. The van der Waals surface area contributed by atoms with Crippen LogP contribution < -0.4 is 10.1 Å². The molecule has 0 radical (unpaired) electrons. The molecule has 0 unspecified atom stereocenters. The van der Waals surface area contributed by atoms with Crippen molar-refractivity contribution in [2.45, 2.75) is 0 Å². The van der Waals surface area contributed by atoms with Crippen molar-refractivity contribution in [3.05, 3.63) is 42.7 Å². The van der Waals surface area contributed by atoms with E-state index in [1.165, 1.54) is 0 Å². The maximum Gasteiger partial charge on any atom is 0.188 e. The number of pyridine rings is 1. The van der Waals surface area contributed by atoms with Gasteiger partial charge in [-0.3, -0.25) is 4.98 Å². The third-order valence-electron chi connectivity index (χ3n) is 2.51. The molecular formula is C13H11N3OS. The first-order valence-electron chi connectivity index (χ1n) is 5.47. The zero-order chi connectivity index (χ0) is 12.4. The molecule has 0 bridgehead atoms. The summed E-state index contributed by atoms with van der Waals surface area (Å²) in [7, 11) is 1.66. The molecule has 1 aromatic carbocycles. The Morgan fingerprint density at radius 3 is 3.06 bits per heavy atom. The van der Waals surface area contributed by atoms with Crippen LogP contribution in [0.25, 0.3) is 10.2 Å². The van der Waals surface area contributed by atoms with E-state index >= 15 is 0 Å². The van der Waals surface area contributed by atoms with Gasteiger partial charge in [-0.15, -0.1) is 0 Å². The summed E-state index contributed by atoms with van der Waals surface area (Å²) in [5, 5.41) is 4.12. The molecule has 0 spiro atoms. The molecule has 0 atom stereocenters. The van der Waals surface area contributed by atoms with Crippen molar-refractivity contribution in [1.82, 2.24) is 9.97 Å². The van der Waals surface area contributed by atoms with Gasteiger partial charge in [-0.2, -0.15) is 0 Å². The van der Waals surface area contributed by atoms with Gasteiger partial charge < -0.3 is 10.1 Å². The van der Waals surface area contributed by atoms with Crippen molar-refractivity contribution in [2.24, 2.45) is 0 Å². The van der Waals surface area contributed by atoms with Crippen LogP contribution in [-0.4, -0.2) is 17.1 Å². The lowest BCUT2D eigenvalue weighted by Gasteiger charge is -2.04. The molecule has 0 aliphatic rings. The van der Waals surface area contributed by atoms with Gasteiger partial charge in [0.2, 0.25) is 0 Å². The van der Waals surface area contributed by atoms with Crippen LogP contribution in [0.4, 0.5) is 10.8 Å². The molecule has 0 aliphatic carbocycles. The van der Waals surface area contributed by atoms with Gasteiger partial charge in [-0.05, 0) is 18.2 Å². The van der Waals surface area contributed by atoms with Crippen molar-refractivity contribution >= 4 is 32.4 Å². The van der Waals surface area contributed by atoms with Gasteiger partial charge in [-0.25, -0.2) is 4.98 Å². The molecule has 2 heterocycles.